The van der Waals surface area contributed by atoms with Crippen molar-refractivity contribution < 1.29 is 16.8 Å². The first-order chi connectivity index (χ1) is 6.81. The Morgan fingerprint density at radius 1 is 0.933 bits per heavy atom. The van der Waals surface area contributed by atoms with Crippen molar-refractivity contribution in [3.05, 3.63) is 30.3 Å². The third-order valence-corrected chi connectivity index (χ3v) is 4.50. The molecule has 0 radical (unpaired) electrons. The summed E-state index contributed by atoms with van der Waals surface area (Å²) < 4.78 is 44.4. The minimum atomic E-state index is -3.74. The molecule has 0 aliphatic carbocycles. The summed E-state index contributed by atoms with van der Waals surface area (Å²) in [7, 11) is -7.30. The molecule has 1 aromatic carbocycles. The molecular weight excluding hydrogens is 238 g/mol. The van der Waals surface area contributed by atoms with Crippen molar-refractivity contribution in [3.8, 4) is 0 Å². The van der Waals surface area contributed by atoms with Crippen LogP contribution in [0.25, 0.3) is 0 Å². The molecule has 0 fully saturated rings. The van der Waals surface area contributed by atoms with Gasteiger partial charge >= 0.3 is 0 Å². The molecule has 7 heteroatoms. The third kappa shape index (κ3) is 3.98. The summed E-state index contributed by atoms with van der Waals surface area (Å²) in [5.41, 5.74) is 0. The standard InChI is InChI=1S/C8H11NO4S2/c9-15(12,13)7-6-14(10,11)8-4-2-1-3-5-8/h1-5H,6-7H2,(H2,9,12,13). The lowest BCUT2D eigenvalue weighted by Gasteiger charge is -2.02. The van der Waals surface area contributed by atoms with Gasteiger partial charge in [-0.3, -0.25) is 0 Å². The summed E-state index contributed by atoms with van der Waals surface area (Å²) in [6, 6.07) is 7.66. The van der Waals surface area contributed by atoms with Crippen LogP contribution in [0, 0.1) is 0 Å². The monoisotopic (exact) mass is 249 g/mol. The van der Waals surface area contributed by atoms with Gasteiger partial charge < -0.3 is 0 Å². The van der Waals surface area contributed by atoms with Crippen LogP contribution in [0.15, 0.2) is 35.2 Å². The van der Waals surface area contributed by atoms with E-state index in [-0.39, 0.29) is 4.90 Å². The van der Waals surface area contributed by atoms with Gasteiger partial charge in [0.1, 0.15) is 0 Å². The SMILES string of the molecule is NS(=O)(=O)CCS(=O)(=O)c1ccccc1. The van der Waals surface area contributed by atoms with Crippen molar-refractivity contribution in [2.45, 2.75) is 4.90 Å². The Labute approximate surface area is 88.9 Å². The molecular formula is C8H11NO4S2. The maximum Gasteiger partial charge on any atom is 0.210 e. The molecule has 0 unspecified atom stereocenters. The minimum absolute atomic E-state index is 0.105. The fourth-order valence-corrected chi connectivity index (χ4v) is 3.59. The minimum Gasteiger partial charge on any atom is -0.229 e. The molecule has 0 aliphatic heterocycles. The molecule has 15 heavy (non-hydrogen) atoms. The van der Waals surface area contributed by atoms with Gasteiger partial charge in [0.2, 0.25) is 10.0 Å². The zero-order valence-electron chi connectivity index (χ0n) is 7.83. The van der Waals surface area contributed by atoms with Crippen LogP contribution in [0.3, 0.4) is 0 Å². The van der Waals surface area contributed by atoms with E-state index in [1.807, 2.05) is 0 Å². The van der Waals surface area contributed by atoms with Gasteiger partial charge in [-0.15, -0.1) is 0 Å². The lowest BCUT2D eigenvalue weighted by Crippen LogP contribution is -2.23. The molecule has 2 N–H and O–H groups in total. The highest BCUT2D eigenvalue weighted by Crippen LogP contribution is 2.09. The number of primary sulfonamides is 1. The van der Waals surface area contributed by atoms with Crippen LogP contribution in [-0.2, 0) is 19.9 Å². The van der Waals surface area contributed by atoms with E-state index in [1.165, 1.54) is 12.1 Å². The first kappa shape index (κ1) is 12.2. The van der Waals surface area contributed by atoms with Crippen LogP contribution in [0.2, 0.25) is 0 Å². The lowest BCUT2D eigenvalue weighted by molar-refractivity contribution is 0.588. The average molecular weight is 249 g/mol. The van der Waals surface area contributed by atoms with Crippen molar-refractivity contribution in [3.63, 3.8) is 0 Å². The maximum absolute atomic E-state index is 11.6. The van der Waals surface area contributed by atoms with Gasteiger partial charge in [0.25, 0.3) is 0 Å². The van der Waals surface area contributed by atoms with Crippen LogP contribution in [-0.4, -0.2) is 28.3 Å². The van der Waals surface area contributed by atoms with Crippen molar-refractivity contribution in [1.82, 2.24) is 0 Å². The van der Waals surface area contributed by atoms with E-state index in [1.54, 1.807) is 18.2 Å². The van der Waals surface area contributed by atoms with Gasteiger partial charge in [0.05, 0.1) is 16.4 Å². The van der Waals surface area contributed by atoms with E-state index in [0.717, 1.165) is 0 Å². The Balaban J connectivity index is 2.87. The maximum atomic E-state index is 11.6. The number of nitrogens with two attached hydrogens (primary N) is 1. The number of benzene rings is 1. The van der Waals surface area contributed by atoms with Gasteiger partial charge in [0.15, 0.2) is 9.84 Å². The quantitative estimate of drug-likeness (QED) is 0.796. The van der Waals surface area contributed by atoms with Crippen LogP contribution >= 0.6 is 0 Å². The molecule has 1 rings (SSSR count). The largest absolute Gasteiger partial charge is 0.229 e. The highest BCUT2D eigenvalue weighted by molar-refractivity contribution is 7.94. The molecule has 0 bridgehead atoms. The second-order valence-electron chi connectivity index (χ2n) is 3.00. The topological polar surface area (TPSA) is 94.3 Å². The smallest absolute Gasteiger partial charge is 0.210 e. The number of sulfonamides is 1. The molecule has 0 saturated heterocycles. The number of hydrogen-bond donors (Lipinski definition) is 1. The van der Waals surface area contributed by atoms with Crippen LogP contribution in [0.4, 0.5) is 0 Å². The Bertz CT molecular complexity index is 519. The number of rotatable bonds is 4. The molecule has 0 aromatic heterocycles. The van der Waals surface area contributed by atoms with Gasteiger partial charge in [-0.2, -0.15) is 0 Å². The van der Waals surface area contributed by atoms with E-state index in [4.69, 9.17) is 5.14 Å². The van der Waals surface area contributed by atoms with E-state index >= 15 is 0 Å². The van der Waals surface area contributed by atoms with E-state index in [0.29, 0.717) is 0 Å². The molecule has 0 heterocycles. The normalized spacial score (nSPS) is 12.6. The molecule has 0 aliphatic rings. The van der Waals surface area contributed by atoms with E-state index in [9.17, 15) is 16.8 Å². The van der Waals surface area contributed by atoms with Gasteiger partial charge in [0, 0.05) is 0 Å². The Kier molecular flexibility index (Phi) is 3.48. The first-order valence-electron chi connectivity index (χ1n) is 4.09. The number of hydrogen-bond acceptors (Lipinski definition) is 4. The summed E-state index contributed by atoms with van der Waals surface area (Å²) in [4.78, 5) is 0.105. The zero-order chi connectivity index (χ0) is 11.5. The molecule has 84 valence electrons. The predicted octanol–water partition coefficient (Wildman–Crippen LogP) is -0.251. The van der Waals surface area contributed by atoms with Gasteiger partial charge in [-0.05, 0) is 12.1 Å². The second-order valence-corrected chi connectivity index (χ2v) is 6.84. The average Bonchev–Trinajstić information content (AvgIpc) is 2.16. The highest BCUT2D eigenvalue weighted by atomic mass is 32.2. The number of sulfone groups is 1. The van der Waals surface area contributed by atoms with Crippen LogP contribution in [0.1, 0.15) is 0 Å². The van der Waals surface area contributed by atoms with Gasteiger partial charge in [-0.25, -0.2) is 22.0 Å². The Hall–Kier alpha value is -0.920. The Morgan fingerprint density at radius 3 is 1.93 bits per heavy atom. The molecule has 5 nitrogen and oxygen atoms in total. The van der Waals surface area contributed by atoms with Crippen molar-refractivity contribution in [2.75, 3.05) is 11.5 Å². The summed E-state index contributed by atoms with van der Waals surface area (Å²) in [6.45, 7) is 0. The second kappa shape index (κ2) is 4.30. The van der Waals surface area contributed by atoms with Crippen LogP contribution in [0.5, 0.6) is 0 Å². The van der Waals surface area contributed by atoms with E-state index < -0.39 is 31.4 Å². The van der Waals surface area contributed by atoms with Gasteiger partial charge in [-0.1, -0.05) is 18.2 Å². The van der Waals surface area contributed by atoms with Crippen molar-refractivity contribution >= 4 is 19.9 Å². The van der Waals surface area contributed by atoms with Crippen LogP contribution < -0.4 is 5.14 Å². The first-order valence-corrected chi connectivity index (χ1v) is 7.46. The molecule has 0 atom stereocenters. The Morgan fingerprint density at radius 2 is 1.47 bits per heavy atom. The highest BCUT2D eigenvalue weighted by Gasteiger charge is 2.16. The van der Waals surface area contributed by atoms with E-state index in [2.05, 4.69) is 0 Å². The summed E-state index contributed by atoms with van der Waals surface area (Å²) in [5.74, 6) is -1.06. The summed E-state index contributed by atoms with van der Waals surface area (Å²) in [5, 5.41) is 4.73. The van der Waals surface area contributed by atoms with Crippen molar-refractivity contribution in [1.29, 1.82) is 0 Å². The molecule has 1 aromatic rings. The lowest BCUT2D eigenvalue weighted by atomic mass is 10.4. The fraction of sp³-hybridized carbons (Fsp3) is 0.250. The molecule has 0 saturated carbocycles. The third-order valence-electron chi connectivity index (χ3n) is 1.74. The fourth-order valence-electron chi connectivity index (χ4n) is 0.972. The summed E-state index contributed by atoms with van der Waals surface area (Å²) in [6.07, 6.45) is 0. The predicted molar refractivity (Wildman–Crippen MR) is 56.5 cm³/mol. The molecule has 0 spiro atoms. The zero-order valence-corrected chi connectivity index (χ0v) is 9.46. The molecule has 0 amide bonds. The summed E-state index contributed by atoms with van der Waals surface area (Å²) >= 11 is 0. The van der Waals surface area contributed by atoms with Crippen molar-refractivity contribution in [2.24, 2.45) is 5.14 Å².